The number of anilines is 1. The Morgan fingerprint density at radius 1 is 1.21 bits per heavy atom. The molecule has 0 aliphatic carbocycles. The molecular weight excluding hydrogens is 392 g/mol. The Morgan fingerprint density at radius 3 is 2.79 bits per heavy atom. The van der Waals surface area contributed by atoms with E-state index in [4.69, 9.17) is 14.9 Å². The summed E-state index contributed by atoms with van der Waals surface area (Å²) in [7, 11) is 1.70. The SMILES string of the molecule is COCC(C)NCc1ccccc1-c1cc2nc(-c3ccco3)nn2c(N)n1.Cl. The van der Waals surface area contributed by atoms with Gasteiger partial charge in [0, 0.05) is 31.3 Å². The number of hydrogen-bond donors (Lipinski definition) is 2. The minimum absolute atomic E-state index is 0. The Hall–Kier alpha value is -2.94. The van der Waals surface area contributed by atoms with Crippen molar-refractivity contribution in [3.63, 3.8) is 0 Å². The molecule has 1 aromatic carbocycles. The van der Waals surface area contributed by atoms with Crippen molar-refractivity contribution >= 4 is 24.0 Å². The molecule has 9 heteroatoms. The lowest BCUT2D eigenvalue weighted by Crippen LogP contribution is -2.29. The number of benzene rings is 1. The van der Waals surface area contributed by atoms with Crippen LogP contribution in [0, 0.1) is 0 Å². The van der Waals surface area contributed by atoms with Crippen LogP contribution in [0.5, 0.6) is 0 Å². The number of furan rings is 1. The molecule has 0 amide bonds. The first-order chi connectivity index (χ1) is 13.7. The van der Waals surface area contributed by atoms with Gasteiger partial charge in [-0.1, -0.05) is 24.3 Å². The van der Waals surface area contributed by atoms with Gasteiger partial charge in [0.25, 0.3) is 0 Å². The van der Waals surface area contributed by atoms with Crippen LogP contribution in [0.3, 0.4) is 0 Å². The number of halogens is 1. The van der Waals surface area contributed by atoms with Gasteiger partial charge in [-0.2, -0.15) is 4.52 Å². The van der Waals surface area contributed by atoms with Crippen molar-refractivity contribution in [3.8, 4) is 22.8 Å². The van der Waals surface area contributed by atoms with Crippen molar-refractivity contribution in [2.24, 2.45) is 0 Å². The van der Waals surface area contributed by atoms with E-state index < -0.39 is 0 Å². The predicted octanol–water partition coefficient (Wildman–Crippen LogP) is 3.18. The van der Waals surface area contributed by atoms with Crippen LogP contribution in [0.1, 0.15) is 12.5 Å². The summed E-state index contributed by atoms with van der Waals surface area (Å²) in [6.07, 6.45) is 1.59. The van der Waals surface area contributed by atoms with Crippen LogP contribution in [0.25, 0.3) is 28.5 Å². The molecule has 0 aliphatic heterocycles. The molecule has 0 aliphatic rings. The third-order valence-corrected chi connectivity index (χ3v) is 4.44. The maximum atomic E-state index is 6.16. The van der Waals surface area contributed by atoms with Gasteiger partial charge in [-0.3, -0.25) is 0 Å². The molecule has 3 N–H and O–H groups in total. The largest absolute Gasteiger partial charge is 0.461 e. The molecule has 4 aromatic rings. The molecule has 0 radical (unpaired) electrons. The maximum Gasteiger partial charge on any atom is 0.223 e. The number of hydrogen-bond acceptors (Lipinski definition) is 7. The molecule has 8 nitrogen and oxygen atoms in total. The number of nitrogen functional groups attached to an aromatic ring is 1. The Balaban J connectivity index is 0.00000240. The first-order valence-electron chi connectivity index (χ1n) is 9.03. The van der Waals surface area contributed by atoms with E-state index in [1.54, 1.807) is 19.4 Å². The van der Waals surface area contributed by atoms with Crippen LogP contribution in [-0.2, 0) is 11.3 Å². The average molecular weight is 415 g/mol. The van der Waals surface area contributed by atoms with Gasteiger partial charge in [0.2, 0.25) is 11.8 Å². The topological polar surface area (TPSA) is 104 Å². The summed E-state index contributed by atoms with van der Waals surface area (Å²) in [6, 6.07) is 13.8. The highest BCUT2D eigenvalue weighted by atomic mass is 35.5. The lowest BCUT2D eigenvalue weighted by atomic mass is 10.0. The number of nitrogens with zero attached hydrogens (tertiary/aromatic N) is 4. The second-order valence-corrected chi connectivity index (χ2v) is 6.58. The second kappa shape index (κ2) is 9.04. The molecule has 1 unspecified atom stereocenters. The standard InChI is InChI=1S/C20H22N6O2.ClH/c1-13(12-27-2)22-11-14-6-3-4-7-15(14)16-10-18-24-19(17-8-5-9-28-17)25-26(18)20(21)23-16;/h3-10,13,22H,11-12H2,1-2H3,(H2,21,23);1H. The van der Waals surface area contributed by atoms with E-state index in [1.165, 1.54) is 4.52 Å². The average Bonchev–Trinajstić information content (AvgIpc) is 3.36. The molecule has 3 aromatic heterocycles. The summed E-state index contributed by atoms with van der Waals surface area (Å²) in [5.41, 5.74) is 9.64. The van der Waals surface area contributed by atoms with Crippen LogP contribution < -0.4 is 11.1 Å². The van der Waals surface area contributed by atoms with E-state index in [0.717, 1.165) is 16.8 Å². The van der Waals surface area contributed by atoms with Crippen LogP contribution in [0.2, 0.25) is 0 Å². The van der Waals surface area contributed by atoms with Crippen LogP contribution in [0.15, 0.2) is 53.1 Å². The summed E-state index contributed by atoms with van der Waals surface area (Å²) in [5, 5.41) is 7.84. The molecular formula is C20H23ClN6O2. The monoisotopic (exact) mass is 414 g/mol. The van der Waals surface area contributed by atoms with Crippen molar-refractivity contribution in [3.05, 3.63) is 54.3 Å². The molecule has 1 atom stereocenters. The minimum atomic E-state index is 0. The summed E-state index contributed by atoms with van der Waals surface area (Å²) in [4.78, 5) is 9.08. The van der Waals surface area contributed by atoms with Crippen molar-refractivity contribution in [2.45, 2.75) is 19.5 Å². The molecule has 0 saturated heterocycles. The third kappa shape index (κ3) is 4.40. The van der Waals surface area contributed by atoms with Gasteiger partial charge in [-0.05, 0) is 24.6 Å². The van der Waals surface area contributed by atoms with Gasteiger partial charge in [0.05, 0.1) is 18.6 Å². The molecule has 0 bridgehead atoms. The van der Waals surface area contributed by atoms with Gasteiger partial charge >= 0.3 is 0 Å². The van der Waals surface area contributed by atoms with Crippen LogP contribution in [0.4, 0.5) is 5.95 Å². The second-order valence-electron chi connectivity index (χ2n) is 6.58. The summed E-state index contributed by atoms with van der Waals surface area (Å²) in [6.45, 7) is 3.42. The molecule has 29 heavy (non-hydrogen) atoms. The first kappa shape index (κ1) is 20.8. The highest BCUT2D eigenvalue weighted by Crippen LogP contribution is 2.25. The number of rotatable bonds is 7. The number of methoxy groups -OCH3 is 1. The summed E-state index contributed by atoms with van der Waals surface area (Å²) < 4.78 is 12.1. The fourth-order valence-corrected chi connectivity index (χ4v) is 3.08. The number of nitrogens with one attached hydrogen (secondary N) is 1. The number of aromatic nitrogens is 4. The van der Waals surface area contributed by atoms with Crippen molar-refractivity contribution in [2.75, 3.05) is 19.5 Å². The number of nitrogens with two attached hydrogens (primary N) is 1. The predicted molar refractivity (Wildman–Crippen MR) is 114 cm³/mol. The maximum absolute atomic E-state index is 6.16. The zero-order valence-electron chi connectivity index (χ0n) is 16.2. The smallest absolute Gasteiger partial charge is 0.223 e. The molecule has 152 valence electrons. The van der Waals surface area contributed by atoms with Crippen molar-refractivity contribution in [1.82, 2.24) is 24.9 Å². The summed E-state index contributed by atoms with van der Waals surface area (Å²) >= 11 is 0. The molecule has 0 spiro atoms. The minimum Gasteiger partial charge on any atom is -0.461 e. The molecule has 0 fully saturated rings. The van der Waals surface area contributed by atoms with Crippen molar-refractivity contribution < 1.29 is 9.15 Å². The Labute approximate surface area is 174 Å². The van der Waals surface area contributed by atoms with Gasteiger partial charge in [0.15, 0.2) is 11.4 Å². The van der Waals surface area contributed by atoms with Crippen LogP contribution >= 0.6 is 12.4 Å². The van der Waals surface area contributed by atoms with Gasteiger partial charge in [0.1, 0.15) is 0 Å². The van der Waals surface area contributed by atoms with E-state index in [0.29, 0.717) is 30.4 Å². The van der Waals surface area contributed by atoms with Crippen LogP contribution in [-0.4, -0.2) is 39.3 Å². The van der Waals surface area contributed by atoms with Gasteiger partial charge in [-0.15, -0.1) is 17.5 Å². The molecule has 4 rings (SSSR count). The Bertz CT molecular complexity index is 1080. The van der Waals surface area contributed by atoms with E-state index in [-0.39, 0.29) is 24.4 Å². The van der Waals surface area contributed by atoms with E-state index >= 15 is 0 Å². The molecule has 0 saturated carbocycles. The Kier molecular flexibility index (Phi) is 6.48. The highest BCUT2D eigenvalue weighted by Gasteiger charge is 2.15. The van der Waals surface area contributed by atoms with Gasteiger partial charge < -0.3 is 20.2 Å². The quantitative estimate of drug-likeness (QED) is 0.478. The fraction of sp³-hybridized carbons (Fsp3) is 0.250. The molecule has 3 heterocycles. The summed E-state index contributed by atoms with van der Waals surface area (Å²) in [5.74, 6) is 1.33. The fourth-order valence-electron chi connectivity index (χ4n) is 3.08. The first-order valence-corrected chi connectivity index (χ1v) is 9.03. The zero-order chi connectivity index (χ0) is 19.5. The zero-order valence-corrected chi connectivity index (χ0v) is 17.0. The highest BCUT2D eigenvalue weighted by molar-refractivity contribution is 5.85. The van der Waals surface area contributed by atoms with Gasteiger partial charge in [-0.25, -0.2) is 9.97 Å². The number of ether oxygens (including phenoxy) is 1. The Morgan fingerprint density at radius 2 is 2.03 bits per heavy atom. The van der Waals surface area contributed by atoms with E-state index in [9.17, 15) is 0 Å². The lowest BCUT2D eigenvalue weighted by molar-refractivity contribution is 0.171. The van der Waals surface area contributed by atoms with E-state index in [2.05, 4.69) is 33.4 Å². The van der Waals surface area contributed by atoms with E-state index in [1.807, 2.05) is 30.3 Å². The lowest BCUT2D eigenvalue weighted by Gasteiger charge is -2.15. The number of fused-ring (bicyclic) bond motifs is 1. The normalized spacial score (nSPS) is 12.1. The third-order valence-electron chi connectivity index (χ3n) is 4.44. The van der Waals surface area contributed by atoms with Crippen molar-refractivity contribution in [1.29, 1.82) is 0 Å².